The van der Waals surface area contributed by atoms with Gasteiger partial charge in [0, 0.05) is 61.8 Å². The summed E-state index contributed by atoms with van der Waals surface area (Å²) < 4.78 is 28.6. The lowest BCUT2D eigenvalue weighted by atomic mass is 10.0. The first kappa shape index (κ1) is 30.0. The fraction of sp³-hybridized carbons (Fsp3) is 0.265. The van der Waals surface area contributed by atoms with Crippen molar-refractivity contribution in [3.63, 3.8) is 0 Å². The molecular formula is C34H33BrN4O4S. The van der Waals surface area contributed by atoms with Gasteiger partial charge >= 0.3 is 0 Å². The minimum absolute atomic E-state index is 0.00620. The van der Waals surface area contributed by atoms with Crippen LogP contribution in [0.15, 0.2) is 106 Å². The van der Waals surface area contributed by atoms with Gasteiger partial charge in [0.2, 0.25) is 9.84 Å². The third kappa shape index (κ3) is 6.27. The van der Waals surface area contributed by atoms with Crippen LogP contribution >= 0.6 is 15.9 Å². The molecule has 2 aliphatic rings. The number of anilines is 1. The number of amides is 2. The lowest BCUT2D eigenvalue weighted by Gasteiger charge is -2.36. The van der Waals surface area contributed by atoms with Gasteiger partial charge in [0.05, 0.1) is 20.9 Å². The Labute approximate surface area is 266 Å². The highest BCUT2D eigenvalue weighted by molar-refractivity contribution is 9.10. The third-order valence-electron chi connectivity index (χ3n) is 8.34. The average Bonchev–Trinajstić information content (AvgIpc) is 3.08. The van der Waals surface area contributed by atoms with Crippen molar-refractivity contribution in [1.29, 1.82) is 0 Å². The highest BCUT2D eigenvalue weighted by Crippen LogP contribution is 2.29. The first-order valence-corrected chi connectivity index (χ1v) is 17.1. The van der Waals surface area contributed by atoms with Gasteiger partial charge in [0.1, 0.15) is 0 Å². The Morgan fingerprint density at radius 3 is 1.80 bits per heavy atom. The van der Waals surface area contributed by atoms with E-state index in [1.807, 2.05) is 36.4 Å². The molecule has 0 saturated carbocycles. The first-order chi connectivity index (χ1) is 21.3. The van der Waals surface area contributed by atoms with Crippen molar-refractivity contribution < 1.29 is 18.0 Å². The minimum atomic E-state index is -3.95. The van der Waals surface area contributed by atoms with Crippen LogP contribution in [0.1, 0.15) is 40.0 Å². The summed E-state index contributed by atoms with van der Waals surface area (Å²) in [6.07, 6.45) is 6.31. The van der Waals surface area contributed by atoms with Crippen LogP contribution in [0.4, 0.5) is 5.69 Å². The SMILES string of the molecule is O=C(c1cc(S(=O)(=O)c2ccc(-c3ccc(Br)cc3)cc2)ccc1C(=O)N1CCN(c2ccncc2)CC1)N1CCCCC1. The van der Waals surface area contributed by atoms with Gasteiger partial charge in [-0.05, 0) is 85.0 Å². The number of likely N-dealkylation sites (tertiary alicyclic amines) is 1. The number of piperazine rings is 1. The molecule has 2 fully saturated rings. The average molecular weight is 674 g/mol. The number of pyridine rings is 1. The predicted molar refractivity (Wildman–Crippen MR) is 174 cm³/mol. The summed E-state index contributed by atoms with van der Waals surface area (Å²) in [4.78, 5) is 37.6. The maximum atomic E-state index is 13.8. The largest absolute Gasteiger partial charge is 0.368 e. The van der Waals surface area contributed by atoms with Crippen molar-refractivity contribution in [2.24, 2.45) is 0 Å². The summed E-state index contributed by atoms with van der Waals surface area (Å²) in [5.74, 6) is -0.561. The van der Waals surface area contributed by atoms with E-state index in [0.29, 0.717) is 39.3 Å². The van der Waals surface area contributed by atoms with Gasteiger partial charge in [0.15, 0.2) is 0 Å². The number of piperidine rings is 1. The molecule has 6 rings (SSSR count). The Morgan fingerprint density at radius 1 is 0.614 bits per heavy atom. The van der Waals surface area contributed by atoms with Crippen molar-refractivity contribution in [3.05, 3.63) is 107 Å². The molecule has 226 valence electrons. The van der Waals surface area contributed by atoms with Crippen molar-refractivity contribution in [2.45, 2.75) is 29.1 Å². The molecule has 2 aliphatic heterocycles. The van der Waals surface area contributed by atoms with E-state index >= 15 is 0 Å². The number of hydrogen-bond acceptors (Lipinski definition) is 6. The van der Waals surface area contributed by atoms with Crippen LogP contribution in [0.2, 0.25) is 0 Å². The molecule has 4 aromatic rings. The van der Waals surface area contributed by atoms with Crippen LogP contribution in [0.25, 0.3) is 11.1 Å². The molecule has 2 saturated heterocycles. The summed E-state index contributed by atoms with van der Waals surface area (Å²) in [6, 6.07) is 22.8. The highest BCUT2D eigenvalue weighted by Gasteiger charge is 2.30. The molecular weight excluding hydrogens is 640 g/mol. The number of rotatable bonds is 6. The quantitative estimate of drug-likeness (QED) is 0.252. The molecule has 0 bridgehead atoms. The lowest BCUT2D eigenvalue weighted by Crippen LogP contribution is -2.49. The molecule has 3 aromatic carbocycles. The number of halogens is 1. The van der Waals surface area contributed by atoms with E-state index in [-0.39, 0.29) is 32.7 Å². The summed E-state index contributed by atoms with van der Waals surface area (Å²) in [5.41, 5.74) is 3.29. The molecule has 10 heteroatoms. The van der Waals surface area contributed by atoms with Crippen LogP contribution in [0.3, 0.4) is 0 Å². The molecule has 1 aromatic heterocycles. The molecule has 3 heterocycles. The number of aromatic nitrogens is 1. The highest BCUT2D eigenvalue weighted by atomic mass is 79.9. The number of carbonyl (C=O) groups is 2. The summed E-state index contributed by atoms with van der Waals surface area (Å²) in [6.45, 7) is 3.45. The fourth-order valence-corrected chi connectivity index (χ4v) is 7.37. The van der Waals surface area contributed by atoms with E-state index in [2.05, 4.69) is 25.8 Å². The van der Waals surface area contributed by atoms with Crippen LogP contribution in [0, 0.1) is 0 Å². The van der Waals surface area contributed by atoms with Crippen molar-refractivity contribution in [3.8, 4) is 11.1 Å². The molecule has 0 N–H and O–H groups in total. The Balaban J connectivity index is 1.29. The van der Waals surface area contributed by atoms with Gasteiger partial charge in [-0.15, -0.1) is 0 Å². The number of hydrogen-bond donors (Lipinski definition) is 0. The first-order valence-electron chi connectivity index (χ1n) is 14.8. The van der Waals surface area contributed by atoms with Gasteiger partial charge in [0.25, 0.3) is 11.8 Å². The zero-order valence-electron chi connectivity index (χ0n) is 24.2. The Hall–Kier alpha value is -4.02. The standard InChI is InChI=1S/C34H33BrN4O4S/c35-27-8-4-25(5-9-27)26-6-10-29(11-7-26)44(42,43)30-12-13-31(32(24-30)34(41)38-18-2-1-3-19-38)33(40)39-22-20-37(21-23-39)28-14-16-36-17-15-28/h4-17,24H,1-3,18-23H2. The lowest BCUT2D eigenvalue weighted by molar-refractivity contribution is 0.0694. The Morgan fingerprint density at radius 2 is 1.16 bits per heavy atom. The summed E-state index contributed by atoms with van der Waals surface area (Å²) >= 11 is 3.44. The summed E-state index contributed by atoms with van der Waals surface area (Å²) in [5, 5.41) is 0. The second-order valence-electron chi connectivity index (χ2n) is 11.1. The van der Waals surface area contributed by atoms with Crippen molar-refractivity contribution >= 4 is 43.3 Å². The van der Waals surface area contributed by atoms with Gasteiger partial charge < -0.3 is 14.7 Å². The number of benzene rings is 3. The monoisotopic (exact) mass is 672 g/mol. The number of sulfone groups is 1. The van der Waals surface area contributed by atoms with Gasteiger partial charge in [-0.25, -0.2) is 8.42 Å². The zero-order chi connectivity index (χ0) is 30.7. The molecule has 0 aliphatic carbocycles. The van der Waals surface area contributed by atoms with E-state index in [4.69, 9.17) is 0 Å². The van der Waals surface area contributed by atoms with E-state index in [1.165, 1.54) is 18.2 Å². The summed E-state index contributed by atoms with van der Waals surface area (Å²) in [7, 11) is -3.95. The fourth-order valence-electron chi connectivity index (χ4n) is 5.82. The molecule has 2 amide bonds. The normalized spacial score (nSPS) is 15.7. The maximum absolute atomic E-state index is 13.8. The second kappa shape index (κ2) is 12.9. The maximum Gasteiger partial charge on any atom is 0.254 e. The minimum Gasteiger partial charge on any atom is -0.368 e. The van der Waals surface area contributed by atoms with Crippen molar-refractivity contribution in [1.82, 2.24) is 14.8 Å². The van der Waals surface area contributed by atoms with Crippen LogP contribution in [-0.4, -0.2) is 74.3 Å². The Kier molecular flexibility index (Phi) is 8.81. The van der Waals surface area contributed by atoms with E-state index in [1.54, 1.807) is 46.5 Å². The van der Waals surface area contributed by atoms with Crippen molar-refractivity contribution in [2.75, 3.05) is 44.2 Å². The van der Waals surface area contributed by atoms with Gasteiger partial charge in [-0.2, -0.15) is 0 Å². The van der Waals surface area contributed by atoms with Gasteiger partial charge in [-0.3, -0.25) is 14.6 Å². The van der Waals surface area contributed by atoms with Crippen LogP contribution < -0.4 is 4.90 Å². The van der Waals surface area contributed by atoms with Crippen LogP contribution in [-0.2, 0) is 9.84 Å². The molecule has 0 spiro atoms. The number of carbonyl (C=O) groups excluding carboxylic acids is 2. The molecule has 0 atom stereocenters. The second-order valence-corrected chi connectivity index (χ2v) is 13.9. The third-order valence-corrected chi connectivity index (χ3v) is 10.6. The van der Waals surface area contributed by atoms with E-state index in [9.17, 15) is 18.0 Å². The zero-order valence-corrected chi connectivity index (χ0v) is 26.6. The Bertz CT molecular complexity index is 1750. The predicted octanol–water partition coefficient (Wildman–Crippen LogP) is 5.93. The van der Waals surface area contributed by atoms with Crippen LogP contribution in [0.5, 0.6) is 0 Å². The van der Waals surface area contributed by atoms with Gasteiger partial charge in [-0.1, -0.05) is 40.2 Å². The molecule has 8 nitrogen and oxygen atoms in total. The molecule has 0 unspecified atom stereocenters. The topological polar surface area (TPSA) is 90.9 Å². The van der Waals surface area contributed by atoms with E-state index in [0.717, 1.165) is 40.5 Å². The molecule has 0 radical (unpaired) electrons. The smallest absolute Gasteiger partial charge is 0.254 e. The number of nitrogens with zero attached hydrogens (tertiary/aromatic N) is 4. The van der Waals surface area contributed by atoms with E-state index < -0.39 is 9.84 Å². The molecule has 44 heavy (non-hydrogen) atoms.